The van der Waals surface area contributed by atoms with E-state index in [4.69, 9.17) is 5.11 Å². The molecular weight excluding hydrogens is 287 g/mol. The Hall–Kier alpha value is -0.930. The molecule has 1 atom stereocenters. The van der Waals surface area contributed by atoms with Crippen molar-refractivity contribution in [3.8, 4) is 0 Å². The van der Waals surface area contributed by atoms with Gasteiger partial charge in [0.2, 0.25) is 0 Å². The highest BCUT2D eigenvalue weighted by molar-refractivity contribution is 7.92. The molecule has 0 saturated carbocycles. The molecule has 0 aromatic heterocycles. The lowest BCUT2D eigenvalue weighted by atomic mass is 10.2. The molecule has 0 aliphatic heterocycles. The smallest absolute Gasteiger partial charge is 0.453 e. The number of carboxylic acid groups (broad SMARTS) is 1. The fourth-order valence-corrected chi connectivity index (χ4v) is 2.78. The molecule has 1 unspecified atom stereocenters. The first-order chi connectivity index (χ1) is 7.85. The molecule has 0 heterocycles. The molecule has 0 radical (unpaired) electrons. The van der Waals surface area contributed by atoms with Crippen LogP contribution in [-0.2, 0) is 14.6 Å². The third kappa shape index (κ3) is 4.07. The van der Waals surface area contributed by atoms with Crippen molar-refractivity contribution in [2.45, 2.75) is 37.1 Å². The SMILES string of the molecule is CCC(C(=O)O)S(=O)(=O)CCC(F)(F)C(F)(F)F. The van der Waals surface area contributed by atoms with Gasteiger partial charge in [-0.3, -0.25) is 4.79 Å². The molecule has 0 rings (SSSR count). The lowest BCUT2D eigenvalue weighted by molar-refractivity contribution is -0.282. The standard InChI is InChI=1S/C8H11F5O4S/c1-2-5(6(14)15)18(16,17)4-3-7(9,10)8(11,12)13/h5H,2-4H2,1H3,(H,14,15). The zero-order valence-corrected chi connectivity index (χ0v) is 9.99. The van der Waals surface area contributed by atoms with Crippen molar-refractivity contribution >= 4 is 15.8 Å². The number of carboxylic acids is 1. The van der Waals surface area contributed by atoms with Crippen molar-refractivity contribution < 1.29 is 40.3 Å². The number of halogens is 5. The molecule has 18 heavy (non-hydrogen) atoms. The highest BCUT2D eigenvalue weighted by Gasteiger charge is 2.57. The number of alkyl halides is 5. The van der Waals surface area contributed by atoms with Gasteiger partial charge in [0.05, 0.1) is 5.75 Å². The summed E-state index contributed by atoms with van der Waals surface area (Å²) in [6, 6.07) is 0. The number of aliphatic carboxylic acids is 1. The third-order valence-corrected chi connectivity index (χ3v) is 4.37. The summed E-state index contributed by atoms with van der Waals surface area (Å²) in [5.41, 5.74) is 0. The zero-order chi connectivity index (χ0) is 14.8. The highest BCUT2D eigenvalue weighted by Crippen LogP contribution is 2.38. The lowest BCUT2D eigenvalue weighted by Gasteiger charge is -2.20. The van der Waals surface area contributed by atoms with Crippen LogP contribution in [0.25, 0.3) is 0 Å². The maximum Gasteiger partial charge on any atom is 0.453 e. The van der Waals surface area contributed by atoms with E-state index in [0.29, 0.717) is 0 Å². The van der Waals surface area contributed by atoms with Gasteiger partial charge < -0.3 is 5.11 Å². The number of carbonyl (C=O) groups is 1. The van der Waals surface area contributed by atoms with E-state index in [9.17, 15) is 35.2 Å². The monoisotopic (exact) mass is 298 g/mol. The molecular formula is C8H11F5O4S. The van der Waals surface area contributed by atoms with Crippen molar-refractivity contribution in [3.63, 3.8) is 0 Å². The van der Waals surface area contributed by atoms with Gasteiger partial charge in [-0.1, -0.05) is 6.92 Å². The second-order valence-corrected chi connectivity index (χ2v) is 5.86. The Balaban J connectivity index is 4.88. The fraction of sp³-hybridized carbons (Fsp3) is 0.875. The maximum atomic E-state index is 12.5. The van der Waals surface area contributed by atoms with Crippen molar-refractivity contribution in [2.75, 3.05) is 5.75 Å². The Bertz CT molecular complexity index is 400. The van der Waals surface area contributed by atoms with Crippen molar-refractivity contribution in [2.24, 2.45) is 0 Å². The second kappa shape index (κ2) is 5.37. The number of rotatable bonds is 6. The molecule has 0 spiro atoms. The molecule has 0 aliphatic rings. The topological polar surface area (TPSA) is 71.4 Å². The summed E-state index contributed by atoms with van der Waals surface area (Å²) < 4.78 is 82.9. The van der Waals surface area contributed by atoms with E-state index >= 15 is 0 Å². The summed E-state index contributed by atoms with van der Waals surface area (Å²) in [5.74, 6) is -8.46. The first-order valence-corrected chi connectivity index (χ1v) is 6.45. The zero-order valence-electron chi connectivity index (χ0n) is 9.17. The van der Waals surface area contributed by atoms with Gasteiger partial charge in [-0.2, -0.15) is 22.0 Å². The van der Waals surface area contributed by atoms with Crippen LogP contribution in [0.5, 0.6) is 0 Å². The van der Waals surface area contributed by atoms with Gasteiger partial charge in [0.1, 0.15) is 0 Å². The van der Waals surface area contributed by atoms with Gasteiger partial charge in [0.15, 0.2) is 15.1 Å². The first kappa shape index (κ1) is 17.1. The van der Waals surface area contributed by atoms with Crippen LogP contribution >= 0.6 is 0 Å². The van der Waals surface area contributed by atoms with Gasteiger partial charge in [-0.05, 0) is 6.42 Å². The van der Waals surface area contributed by atoms with Gasteiger partial charge in [0.25, 0.3) is 0 Å². The van der Waals surface area contributed by atoms with Crippen LogP contribution in [0.3, 0.4) is 0 Å². The molecule has 108 valence electrons. The van der Waals surface area contributed by atoms with Crippen LogP contribution in [0.2, 0.25) is 0 Å². The van der Waals surface area contributed by atoms with E-state index in [0.717, 1.165) is 0 Å². The predicted octanol–water partition coefficient (Wildman–Crippen LogP) is 1.85. The van der Waals surface area contributed by atoms with Gasteiger partial charge in [0, 0.05) is 6.42 Å². The van der Waals surface area contributed by atoms with Gasteiger partial charge in [-0.25, -0.2) is 8.42 Å². The molecule has 0 aliphatic carbocycles. The third-order valence-electron chi connectivity index (χ3n) is 2.20. The summed E-state index contributed by atoms with van der Waals surface area (Å²) in [7, 11) is -4.54. The average molecular weight is 298 g/mol. The Morgan fingerprint density at radius 2 is 1.67 bits per heavy atom. The second-order valence-electron chi connectivity index (χ2n) is 3.55. The van der Waals surface area contributed by atoms with Crippen LogP contribution in [-0.4, -0.2) is 42.6 Å². The summed E-state index contributed by atoms with van der Waals surface area (Å²) in [6.45, 7) is 1.18. The van der Waals surface area contributed by atoms with Gasteiger partial charge >= 0.3 is 18.1 Å². The van der Waals surface area contributed by atoms with E-state index < -0.39 is 51.7 Å². The molecule has 0 aromatic rings. The largest absolute Gasteiger partial charge is 0.480 e. The molecule has 0 saturated heterocycles. The van der Waals surface area contributed by atoms with Crippen molar-refractivity contribution in [3.05, 3.63) is 0 Å². The van der Waals surface area contributed by atoms with E-state index in [1.807, 2.05) is 0 Å². The minimum atomic E-state index is -5.85. The summed E-state index contributed by atoms with van der Waals surface area (Å²) in [5, 5.41) is 6.54. The van der Waals surface area contributed by atoms with Gasteiger partial charge in [-0.15, -0.1) is 0 Å². The van der Waals surface area contributed by atoms with Crippen LogP contribution < -0.4 is 0 Å². The average Bonchev–Trinajstić information content (AvgIpc) is 2.13. The predicted molar refractivity (Wildman–Crippen MR) is 51.1 cm³/mol. The molecule has 4 nitrogen and oxygen atoms in total. The minimum Gasteiger partial charge on any atom is -0.480 e. The fourth-order valence-electron chi connectivity index (χ4n) is 1.14. The summed E-state index contributed by atoms with van der Waals surface area (Å²) in [4.78, 5) is 10.5. The molecule has 10 heteroatoms. The van der Waals surface area contributed by atoms with Crippen molar-refractivity contribution in [1.29, 1.82) is 0 Å². The number of sulfone groups is 1. The van der Waals surface area contributed by atoms with E-state index in [-0.39, 0.29) is 0 Å². The van der Waals surface area contributed by atoms with Crippen LogP contribution in [0.1, 0.15) is 19.8 Å². The van der Waals surface area contributed by atoms with E-state index in [2.05, 4.69) is 0 Å². The van der Waals surface area contributed by atoms with Crippen LogP contribution in [0, 0.1) is 0 Å². The number of hydrogen-bond acceptors (Lipinski definition) is 3. The Labute approximate surface area is 99.7 Å². The van der Waals surface area contributed by atoms with Crippen LogP contribution in [0.15, 0.2) is 0 Å². The summed E-state index contributed by atoms with van der Waals surface area (Å²) >= 11 is 0. The summed E-state index contributed by atoms with van der Waals surface area (Å²) in [6.07, 6.45) is -8.24. The Morgan fingerprint density at radius 1 is 1.22 bits per heavy atom. The number of hydrogen-bond donors (Lipinski definition) is 1. The minimum absolute atomic E-state index is 0.407. The maximum absolute atomic E-state index is 12.5. The van der Waals surface area contributed by atoms with E-state index in [1.165, 1.54) is 6.92 Å². The highest BCUT2D eigenvalue weighted by atomic mass is 32.2. The molecule has 0 bridgehead atoms. The van der Waals surface area contributed by atoms with Crippen molar-refractivity contribution in [1.82, 2.24) is 0 Å². The Kier molecular flexibility index (Phi) is 5.09. The lowest BCUT2D eigenvalue weighted by Crippen LogP contribution is -2.40. The molecule has 1 N–H and O–H groups in total. The normalized spacial score (nSPS) is 15.4. The quantitative estimate of drug-likeness (QED) is 0.760. The van der Waals surface area contributed by atoms with Crippen LogP contribution in [0.4, 0.5) is 22.0 Å². The van der Waals surface area contributed by atoms with E-state index in [1.54, 1.807) is 0 Å². The molecule has 0 aromatic carbocycles. The molecule has 0 amide bonds. The Morgan fingerprint density at radius 3 is 1.94 bits per heavy atom. The first-order valence-electron chi connectivity index (χ1n) is 4.74. The molecule has 0 fully saturated rings.